The molecule has 0 saturated carbocycles. The van der Waals surface area contributed by atoms with Crippen molar-refractivity contribution < 1.29 is 9.05 Å². The van der Waals surface area contributed by atoms with Crippen molar-refractivity contribution in [1.82, 2.24) is 30.5 Å². The van der Waals surface area contributed by atoms with E-state index in [4.69, 9.17) is 9.05 Å². The summed E-state index contributed by atoms with van der Waals surface area (Å²) < 4.78 is 10.6. The van der Waals surface area contributed by atoms with Crippen LogP contribution in [0.5, 0.6) is 0 Å². The molecule has 126 valence electrons. The van der Waals surface area contributed by atoms with Crippen molar-refractivity contribution in [3.8, 4) is 11.4 Å². The van der Waals surface area contributed by atoms with Crippen molar-refractivity contribution in [1.29, 1.82) is 0 Å². The molecular formula is C15H18N6O2S. The van der Waals surface area contributed by atoms with Gasteiger partial charge in [0.1, 0.15) is 0 Å². The molecule has 4 heterocycles. The maximum absolute atomic E-state index is 5.36. The van der Waals surface area contributed by atoms with Gasteiger partial charge in [-0.05, 0) is 18.5 Å². The number of nitrogens with one attached hydrogen (secondary N) is 1. The predicted octanol–water partition coefficient (Wildman–Crippen LogP) is 1.54. The van der Waals surface area contributed by atoms with E-state index in [0.29, 0.717) is 30.4 Å². The van der Waals surface area contributed by atoms with Gasteiger partial charge >= 0.3 is 0 Å². The highest BCUT2D eigenvalue weighted by molar-refractivity contribution is 7.08. The number of aromatic nitrogens is 4. The molecule has 24 heavy (non-hydrogen) atoms. The number of rotatable bonds is 5. The lowest BCUT2D eigenvalue weighted by atomic mass is 10.2. The topological polar surface area (TPSA) is 93.1 Å². The monoisotopic (exact) mass is 346 g/mol. The lowest BCUT2D eigenvalue weighted by molar-refractivity contribution is 0.190. The summed E-state index contributed by atoms with van der Waals surface area (Å²) in [6.07, 6.45) is 1.17. The van der Waals surface area contributed by atoms with Crippen LogP contribution in [-0.4, -0.2) is 51.9 Å². The molecule has 0 amide bonds. The number of aryl methyl sites for hydroxylation is 2. The molecule has 3 aromatic heterocycles. The number of thiophene rings is 1. The van der Waals surface area contributed by atoms with E-state index in [1.807, 2.05) is 16.8 Å². The van der Waals surface area contributed by atoms with Crippen LogP contribution >= 0.6 is 11.3 Å². The first-order valence-electron chi connectivity index (χ1n) is 7.88. The summed E-state index contributed by atoms with van der Waals surface area (Å²) in [6, 6.07) is 2.13. The number of hydrogen-bond acceptors (Lipinski definition) is 9. The standard InChI is InChI=1S/C15H18N6O2S/c1-21-6-5-16-8-11(21)15-18-13(23-20-15)3-2-12-17-14(19-22-12)10-4-7-24-9-10/h4,7,9,11,16H,2-3,5-6,8H2,1H3. The Hall–Kier alpha value is -2.10. The fraction of sp³-hybridized carbons (Fsp3) is 0.467. The van der Waals surface area contributed by atoms with Crippen LogP contribution in [0.25, 0.3) is 11.4 Å². The molecular weight excluding hydrogens is 328 g/mol. The lowest BCUT2D eigenvalue weighted by Crippen LogP contribution is -2.44. The maximum Gasteiger partial charge on any atom is 0.227 e. The number of hydrogen-bond donors (Lipinski definition) is 1. The van der Waals surface area contributed by atoms with Gasteiger partial charge < -0.3 is 14.4 Å². The molecule has 1 unspecified atom stereocenters. The van der Waals surface area contributed by atoms with Crippen LogP contribution < -0.4 is 5.32 Å². The van der Waals surface area contributed by atoms with E-state index in [2.05, 4.69) is 37.5 Å². The Kier molecular flexibility index (Phi) is 4.37. The van der Waals surface area contributed by atoms with Crippen LogP contribution in [0.15, 0.2) is 25.9 Å². The molecule has 0 aromatic carbocycles. The fourth-order valence-electron chi connectivity index (χ4n) is 2.68. The van der Waals surface area contributed by atoms with Gasteiger partial charge in [0.25, 0.3) is 0 Å². The van der Waals surface area contributed by atoms with Gasteiger partial charge in [-0.2, -0.15) is 21.3 Å². The summed E-state index contributed by atoms with van der Waals surface area (Å²) in [4.78, 5) is 11.1. The SMILES string of the molecule is CN1CCNCC1c1noc(CCc2nc(-c3ccsc3)no2)n1. The molecule has 1 aliphatic rings. The highest BCUT2D eigenvalue weighted by atomic mass is 32.1. The Balaban J connectivity index is 1.38. The zero-order chi connectivity index (χ0) is 16.4. The zero-order valence-electron chi connectivity index (χ0n) is 13.3. The van der Waals surface area contributed by atoms with Crippen LogP contribution in [0, 0.1) is 0 Å². The van der Waals surface area contributed by atoms with Gasteiger partial charge in [0.15, 0.2) is 5.82 Å². The molecule has 0 aliphatic carbocycles. The van der Waals surface area contributed by atoms with Crippen LogP contribution in [-0.2, 0) is 12.8 Å². The fourth-order valence-corrected chi connectivity index (χ4v) is 3.31. The van der Waals surface area contributed by atoms with Crippen molar-refractivity contribution >= 4 is 11.3 Å². The Morgan fingerprint density at radius 3 is 2.88 bits per heavy atom. The van der Waals surface area contributed by atoms with Gasteiger partial charge in [-0.25, -0.2) is 0 Å². The van der Waals surface area contributed by atoms with Crippen molar-refractivity contribution in [2.75, 3.05) is 26.7 Å². The minimum absolute atomic E-state index is 0.157. The Morgan fingerprint density at radius 2 is 2.08 bits per heavy atom. The minimum Gasteiger partial charge on any atom is -0.339 e. The summed E-state index contributed by atoms with van der Waals surface area (Å²) in [5.41, 5.74) is 0.975. The molecule has 0 radical (unpaired) electrons. The van der Waals surface area contributed by atoms with E-state index in [-0.39, 0.29) is 6.04 Å². The first-order chi connectivity index (χ1) is 11.8. The van der Waals surface area contributed by atoms with Gasteiger partial charge in [0, 0.05) is 43.4 Å². The largest absolute Gasteiger partial charge is 0.339 e. The van der Waals surface area contributed by atoms with E-state index in [0.717, 1.165) is 31.0 Å². The second kappa shape index (κ2) is 6.80. The van der Waals surface area contributed by atoms with Crippen molar-refractivity contribution in [2.24, 2.45) is 0 Å². The molecule has 3 aromatic rings. The molecule has 4 rings (SSSR count). The summed E-state index contributed by atoms with van der Waals surface area (Å²) in [7, 11) is 2.08. The summed E-state index contributed by atoms with van der Waals surface area (Å²) in [6.45, 7) is 2.80. The second-order valence-corrected chi connectivity index (χ2v) is 6.55. The van der Waals surface area contributed by atoms with Crippen molar-refractivity contribution in [3.63, 3.8) is 0 Å². The molecule has 1 atom stereocenters. The van der Waals surface area contributed by atoms with E-state index >= 15 is 0 Å². The molecule has 1 fully saturated rings. The van der Waals surface area contributed by atoms with E-state index < -0.39 is 0 Å². The highest BCUT2D eigenvalue weighted by Gasteiger charge is 2.25. The Morgan fingerprint density at radius 1 is 1.25 bits per heavy atom. The Labute approximate surface area is 142 Å². The van der Waals surface area contributed by atoms with Gasteiger partial charge in [-0.15, -0.1) is 0 Å². The second-order valence-electron chi connectivity index (χ2n) is 5.77. The molecule has 0 spiro atoms. The van der Waals surface area contributed by atoms with Crippen LogP contribution in [0.2, 0.25) is 0 Å². The van der Waals surface area contributed by atoms with Crippen molar-refractivity contribution in [3.05, 3.63) is 34.4 Å². The van der Waals surface area contributed by atoms with E-state index in [1.165, 1.54) is 0 Å². The molecule has 8 nitrogen and oxygen atoms in total. The zero-order valence-corrected chi connectivity index (χ0v) is 14.1. The summed E-state index contributed by atoms with van der Waals surface area (Å²) >= 11 is 1.61. The molecule has 1 aliphatic heterocycles. The molecule has 1 N–H and O–H groups in total. The quantitative estimate of drug-likeness (QED) is 0.744. The normalized spacial score (nSPS) is 19.0. The number of likely N-dealkylation sites (N-methyl/N-ethyl adjacent to an activating group) is 1. The van der Waals surface area contributed by atoms with Crippen LogP contribution in [0.4, 0.5) is 0 Å². The first-order valence-corrected chi connectivity index (χ1v) is 8.82. The molecule has 1 saturated heterocycles. The predicted molar refractivity (Wildman–Crippen MR) is 87.6 cm³/mol. The third kappa shape index (κ3) is 3.23. The molecule has 0 bridgehead atoms. The Bertz CT molecular complexity index is 784. The average Bonchev–Trinajstić information content (AvgIpc) is 3.34. The van der Waals surface area contributed by atoms with Crippen LogP contribution in [0.3, 0.4) is 0 Å². The van der Waals surface area contributed by atoms with E-state index in [9.17, 15) is 0 Å². The summed E-state index contributed by atoms with van der Waals surface area (Å²) in [5, 5.41) is 15.4. The minimum atomic E-state index is 0.157. The third-order valence-electron chi connectivity index (χ3n) is 4.09. The van der Waals surface area contributed by atoms with Crippen molar-refractivity contribution in [2.45, 2.75) is 18.9 Å². The molecule has 9 heteroatoms. The van der Waals surface area contributed by atoms with E-state index in [1.54, 1.807) is 11.3 Å². The lowest BCUT2D eigenvalue weighted by Gasteiger charge is -2.30. The third-order valence-corrected chi connectivity index (χ3v) is 4.78. The number of nitrogens with zero attached hydrogens (tertiary/aromatic N) is 5. The van der Waals surface area contributed by atoms with Gasteiger partial charge in [-0.1, -0.05) is 10.3 Å². The smallest absolute Gasteiger partial charge is 0.227 e. The number of piperazine rings is 1. The van der Waals surface area contributed by atoms with Gasteiger partial charge in [-0.3, -0.25) is 4.90 Å². The maximum atomic E-state index is 5.36. The van der Waals surface area contributed by atoms with Crippen LogP contribution in [0.1, 0.15) is 23.6 Å². The average molecular weight is 346 g/mol. The first kappa shape index (κ1) is 15.4. The summed E-state index contributed by atoms with van der Waals surface area (Å²) in [5.74, 6) is 2.52. The van der Waals surface area contributed by atoms with Gasteiger partial charge in [0.2, 0.25) is 17.6 Å². The van der Waals surface area contributed by atoms with Gasteiger partial charge in [0.05, 0.1) is 6.04 Å². The highest BCUT2D eigenvalue weighted by Crippen LogP contribution is 2.20.